The molecular formula is C19H23FN2O2. The number of amides is 2. The molecule has 1 aromatic rings. The topological polar surface area (TPSA) is 49.4 Å². The van der Waals surface area contributed by atoms with Gasteiger partial charge in [0, 0.05) is 30.6 Å². The third-order valence-electron chi connectivity index (χ3n) is 4.87. The van der Waals surface area contributed by atoms with Crippen molar-refractivity contribution in [2.24, 2.45) is 5.92 Å². The molecule has 0 saturated carbocycles. The van der Waals surface area contributed by atoms with Crippen LogP contribution in [0.4, 0.5) is 4.39 Å². The molecule has 0 unspecified atom stereocenters. The highest BCUT2D eigenvalue weighted by Crippen LogP contribution is 2.22. The number of carbonyl (C=O) groups is 2. The molecule has 0 aromatic heterocycles. The van der Waals surface area contributed by atoms with Crippen LogP contribution in [-0.2, 0) is 4.79 Å². The van der Waals surface area contributed by atoms with Crippen molar-refractivity contribution in [2.45, 2.75) is 38.1 Å². The number of nitrogens with one attached hydrogen (secondary N) is 1. The molecule has 2 amide bonds. The Morgan fingerprint density at radius 2 is 1.75 bits per heavy atom. The van der Waals surface area contributed by atoms with E-state index >= 15 is 0 Å². The Kier molecular flexibility index (Phi) is 5.28. The summed E-state index contributed by atoms with van der Waals surface area (Å²) in [5.41, 5.74) is 0.462. The molecule has 1 heterocycles. The molecular weight excluding hydrogens is 307 g/mol. The van der Waals surface area contributed by atoms with Gasteiger partial charge in [-0.05, 0) is 56.4 Å². The minimum absolute atomic E-state index is 0.0675. The number of likely N-dealkylation sites (tertiary alicyclic amines) is 1. The van der Waals surface area contributed by atoms with Gasteiger partial charge in [-0.1, -0.05) is 12.2 Å². The van der Waals surface area contributed by atoms with E-state index in [1.165, 1.54) is 24.3 Å². The quantitative estimate of drug-likeness (QED) is 0.867. The summed E-state index contributed by atoms with van der Waals surface area (Å²) in [6, 6.07) is 5.61. The van der Waals surface area contributed by atoms with E-state index in [2.05, 4.69) is 17.5 Å². The average molecular weight is 330 g/mol. The summed E-state index contributed by atoms with van der Waals surface area (Å²) < 4.78 is 12.9. The first kappa shape index (κ1) is 16.7. The molecule has 2 aliphatic rings. The molecule has 0 spiro atoms. The summed E-state index contributed by atoms with van der Waals surface area (Å²) in [7, 11) is 0. The molecule has 3 rings (SSSR count). The Morgan fingerprint density at radius 3 is 2.38 bits per heavy atom. The Hall–Kier alpha value is -2.17. The maximum Gasteiger partial charge on any atom is 0.251 e. The van der Waals surface area contributed by atoms with Gasteiger partial charge in [0.25, 0.3) is 5.91 Å². The molecule has 0 bridgehead atoms. The molecule has 1 saturated heterocycles. The van der Waals surface area contributed by atoms with E-state index in [-0.39, 0.29) is 29.6 Å². The van der Waals surface area contributed by atoms with Gasteiger partial charge >= 0.3 is 0 Å². The first-order chi connectivity index (χ1) is 11.6. The van der Waals surface area contributed by atoms with Crippen LogP contribution in [0.1, 0.15) is 42.5 Å². The summed E-state index contributed by atoms with van der Waals surface area (Å²) in [6.45, 7) is 1.38. The summed E-state index contributed by atoms with van der Waals surface area (Å²) in [5, 5.41) is 2.98. The van der Waals surface area contributed by atoms with Gasteiger partial charge < -0.3 is 10.2 Å². The smallest absolute Gasteiger partial charge is 0.251 e. The van der Waals surface area contributed by atoms with Crippen molar-refractivity contribution in [3.8, 4) is 0 Å². The van der Waals surface area contributed by atoms with Crippen LogP contribution in [0.2, 0.25) is 0 Å². The van der Waals surface area contributed by atoms with Crippen molar-refractivity contribution in [1.29, 1.82) is 0 Å². The van der Waals surface area contributed by atoms with Crippen LogP contribution in [0, 0.1) is 11.7 Å². The highest BCUT2D eigenvalue weighted by Gasteiger charge is 2.28. The molecule has 1 aromatic carbocycles. The van der Waals surface area contributed by atoms with E-state index in [0.717, 1.165) is 32.1 Å². The van der Waals surface area contributed by atoms with E-state index < -0.39 is 0 Å². The minimum atomic E-state index is -0.351. The molecule has 1 fully saturated rings. The fraction of sp³-hybridized carbons (Fsp3) is 0.474. The monoisotopic (exact) mass is 330 g/mol. The second-order valence-electron chi connectivity index (χ2n) is 6.56. The summed E-state index contributed by atoms with van der Waals surface area (Å²) in [5.74, 6) is -0.156. The number of carbonyl (C=O) groups excluding carboxylic acids is 2. The van der Waals surface area contributed by atoms with Gasteiger partial charge in [0.2, 0.25) is 5.91 Å². The molecule has 1 N–H and O–H groups in total. The van der Waals surface area contributed by atoms with Crippen molar-refractivity contribution in [1.82, 2.24) is 10.2 Å². The van der Waals surface area contributed by atoms with Gasteiger partial charge in [0.15, 0.2) is 0 Å². The van der Waals surface area contributed by atoms with E-state index in [0.29, 0.717) is 18.7 Å². The molecule has 1 aliphatic carbocycles. The lowest BCUT2D eigenvalue weighted by atomic mass is 9.92. The molecule has 24 heavy (non-hydrogen) atoms. The van der Waals surface area contributed by atoms with Gasteiger partial charge in [-0.2, -0.15) is 0 Å². The zero-order valence-corrected chi connectivity index (χ0v) is 13.7. The molecule has 4 nitrogen and oxygen atoms in total. The maximum absolute atomic E-state index is 12.9. The number of hydrogen-bond donors (Lipinski definition) is 1. The van der Waals surface area contributed by atoms with E-state index in [1.54, 1.807) is 0 Å². The zero-order chi connectivity index (χ0) is 16.9. The lowest BCUT2D eigenvalue weighted by Crippen LogP contribution is -2.48. The van der Waals surface area contributed by atoms with Crippen molar-refractivity contribution in [3.63, 3.8) is 0 Å². The van der Waals surface area contributed by atoms with Crippen LogP contribution < -0.4 is 5.32 Å². The number of benzene rings is 1. The van der Waals surface area contributed by atoms with E-state index in [9.17, 15) is 14.0 Å². The van der Waals surface area contributed by atoms with Crippen LogP contribution >= 0.6 is 0 Å². The molecule has 1 atom stereocenters. The Balaban J connectivity index is 1.48. The van der Waals surface area contributed by atoms with E-state index in [4.69, 9.17) is 0 Å². The Labute approximate surface area is 141 Å². The van der Waals surface area contributed by atoms with Gasteiger partial charge in [-0.25, -0.2) is 4.39 Å². The molecule has 128 valence electrons. The van der Waals surface area contributed by atoms with Gasteiger partial charge in [0.05, 0.1) is 0 Å². The van der Waals surface area contributed by atoms with Crippen molar-refractivity contribution < 1.29 is 14.0 Å². The number of rotatable bonds is 3. The standard InChI is InChI=1S/C19H23FN2O2/c20-16-8-6-14(7-9-16)18(23)21-17-10-12-22(13-11-17)19(24)15-4-2-1-3-5-15/h1-2,6-9,15,17H,3-5,10-13H2,(H,21,23)/t15-/m1/s1. The Bertz CT molecular complexity index is 619. The molecule has 5 heteroatoms. The van der Waals surface area contributed by atoms with Crippen molar-refractivity contribution in [2.75, 3.05) is 13.1 Å². The average Bonchev–Trinajstić information content (AvgIpc) is 2.63. The summed E-state index contributed by atoms with van der Waals surface area (Å²) >= 11 is 0. The lowest BCUT2D eigenvalue weighted by Gasteiger charge is -2.34. The highest BCUT2D eigenvalue weighted by atomic mass is 19.1. The highest BCUT2D eigenvalue weighted by molar-refractivity contribution is 5.94. The number of nitrogens with zero attached hydrogens (tertiary/aromatic N) is 1. The third kappa shape index (κ3) is 4.02. The fourth-order valence-corrected chi connectivity index (χ4v) is 3.39. The SMILES string of the molecule is O=C(NC1CCN(C(=O)[C@@H]2CC=CCC2)CC1)c1ccc(F)cc1. The van der Waals surface area contributed by atoms with Crippen LogP contribution in [0.3, 0.4) is 0 Å². The van der Waals surface area contributed by atoms with Crippen LogP contribution in [0.15, 0.2) is 36.4 Å². The van der Waals surface area contributed by atoms with Gasteiger partial charge in [0.1, 0.15) is 5.82 Å². The zero-order valence-electron chi connectivity index (χ0n) is 13.7. The van der Waals surface area contributed by atoms with Gasteiger partial charge in [-0.15, -0.1) is 0 Å². The first-order valence-corrected chi connectivity index (χ1v) is 8.63. The van der Waals surface area contributed by atoms with Crippen LogP contribution in [-0.4, -0.2) is 35.8 Å². The summed E-state index contributed by atoms with van der Waals surface area (Å²) in [6.07, 6.45) is 8.54. The third-order valence-corrected chi connectivity index (χ3v) is 4.87. The molecule has 0 radical (unpaired) electrons. The van der Waals surface area contributed by atoms with Crippen LogP contribution in [0.25, 0.3) is 0 Å². The maximum atomic E-state index is 12.9. The molecule has 1 aliphatic heterocycles. The predicted molar refractivity (Wildman–Crippen MR) is 89.9 cm³/mol. The van der Waals surface area contributed by atoms with Gasteiger partial charge in [-0.3, -0.25) is 9.59 Å². The number of halogens is 1. The van der Waals surface area contributed by atoms with Crippen molar-refractivity contribution >= 4 is 11.8 Å². The second kappa shape index (κ2) is 7.60. The Morgan fingerprint density at radius 1 is 1.04 bits per heavy atom. The first-order valence-electron chi connectivity index (χ1n) is 8.63. The largest absolute Gasteiger partial charge is 0.349 e. The van der Waals surface area contributed by atoms with E-state index in [1.807, 2.05) is 4.90 Å². The van der Waals surface area contributed by atoms with Crippen molar-refractivity contribution in [3.05, 3.63) is 47.8 Å². The van der Waals surface area contributed by atoms with Crippen LogP contribution in [0.5, 0.6) is 0 Å². The number of allylic oxidation sites excluding steroid dienone is 2. The fourth-order valence-electron chi connectivity index (χ4n) is 3.39. The predicted octanol–water partition coefficient (Wildman–Crippen LogP) is 2.90. The summed E-state index contributed by atoms with van der Waals surface area (Å²) in [4.78, 5) is 26.6. The second-order valence-corrected chi connectivity index (χ2v) is 6.56. The minimum Gasteiger partial charge on any atom is -0.349 e. The number of hydrogen-bond acceptors (Lipinski definition) is 2. The lowest BCUT2D eigenvalue weighted by molar-refractivity contribution is -0.136. The number of piperidine rings is 1. The normalized spacial score (nSPS) is 21.5.